The maximum absolute atomic E-state index is 5.20. The molecule has 2 fully saturated rings. The van der Waals surface area contributed by atoms with Gasteiger partial charge in [-0.2, -0.15) is 4.98 Å². The van der Waals surface area contributed by atoms with E-state index < -0.39 is 0 Å². The largest absolute Gasteiger partial charge is 0.356 e. The summed E-state index contributed by atoms with van der Waals surface area (Å²) in [5, 5.41) is 3.74. The standard InChI is InChI=1S/C30H53N5/c1-2-3-4-5-6-7-14-21-34-22-17-13-18-26(34)25-31-30-32-28-20-12-10-11-19-27(28)29(33-30)35-23-15-8-9-16-24-35/h26H,2-25H2,1H3,(H,31,32,33). The molecule has 5 heteroatoms. The van der Waals surface area contributed by atoms with Gasteiger partial charge in [-0.05, 0) is 70.9 Å². The maximum Gasteiger partial charge on any atom is 0.224 e. The van der Waals surface area contributed by atoms with E-state index in [1.165, 1.54) is 139 Å². The fourth-order valence-electron chi connectivity index (χ4n) is 6.44. The van der Waals surface area contributed by atoms with Gasteiger partial charge in [0.05, 0.1) is 5.69 Å². The molecule has 2 saturated heterocycles. The Morgan fingerprint density at radius 3 is 2.29 bits per heavy atom. The molecule has 3 aliphatic rings. The Morgan fingerprint density at radius 1 is 0.743 bits per heavy atom. The van der Waals surface area contributed by atoms with Crippen LogP contribution in [0.25, 0.3) is 0 Å². The average molecular weight is 484 g/mol. The number of piperidine rings is 1. The van der Waals surface area contributed by atoms with Crippen LogP contribution in [-0.2, 0) is 12.8 Å². The van der Waals surface area contributed by atoms with E-state index in [1.54, 1.807) is 0 Å². The van der Waals surface area contributed by atoms with Crippen molar-refractivity contribution >= 4 is 11.8 Å². The van der Waals surface area contributed by atoms with Crippen molar-refractivity contribution in [3.05, 3.63) is 11.3 Å². The molecule has 5 nitrogen and oxygen atoms in total. The van der Waals surface area contributed by atoms with Crippen molar-refractivity contribution in [2.45, 2.75) is 135 Å². The number of fused-ring (bicyclic) bond motifs is 1. The molecule has 0 saturated carbocycles. The van der Waals surface area contributed by atoms with Crippen LogP contribution in [0.15, 0.2) is 0 Å². The molecule has 0 bridgehead atoms. The van der Waals surface area contributed by atoms with E-state index in [0.717, 1.165) is 38.4 Å². The minimum atomic E-state index is 0.632. The zero-order chi connectivity index (χ0) is 24.1. The smallest absolute Gasteiger partial charge is 0.224 e. The quantitative estimate of drug-likeness (QED) is 0.253. The molecular weight excluding hydrogens is 430 g/mol. The van der Waals surface area contributed by atoms with Crippen LogP contribution in [0.3, 0.4) is 0 Å². The fraction of sp³-hybridized carbons (Fsp3) is 0.867. The summed E-state index contributed by atoms with van der Waals surface area (Å²) in [5.41, 5.74) is 2.80. The normalized spacial score (nSPS) is 21.9. The van der Waals surface area contributed by atoms with E-state index >= 15 is 0 Å². The topological polar surface area (TPSA) is 44.3 Å². The first-order valence-electron chi connectivity index (χ1n) is 15.5. The summed E-state index contributed by atoms with van der Waals surface area (Å²) in [6.45, 7) is 8.16. The number of unbranched alkanes of at least 4 members (excludes halogenated alkanes) is 6. The van der Waals surface area contributed by atoms with Gasteiger partial charge in [0.2, 0.25) is 5.95 Å². The highest BCUT2D eigenvalue weighted by molar-refractivity contribution is 5.53. The zero-order valence-corrected chi connectivity index (χ0v) is 22.8. The first kappa shape index (κ1) is 26.7. The van der Waals surface area contributed by atoms with Crippen LogP contribution in [0.4, 0.5) is 11.8 Å². The minimum absolute atomic E-state index is 0.632. The van der Waals surface area contributed by atoms with E-state index in [0.29, 0.717) is 6.04 Å². The average Bonchev–Trinajstić information content (AvgIpc) is 3.30. The first-order chi connectivity index (χ1) is 17.3. The molecule has 1 N–H and O–H groups in total. The second kappa shape index (κ2) is 15.0. The van der Waals surface area contributed by atoms with Crippen LogP contribution in [-0.4, -0.2) is 53.6 Å². The number of hydrogen-bond donors (Lipinski definition) is 1. The summed E-state index contributed by atoms with van der Waals surface area (Å²) in [6.07, 6.45) is 25.3. The van der Waals surface area contributed by atoms with Crippen LogP contribution in [0.2, 0.25) is 0 Å². The number of aromatic nitrogens is 2. The predicted molar refractivity (Wildman–Crippen MR) is 150 cm³/mol. The van der Waals surface area contributed by atoms with Gasteiger partial charge in [-0.25, -0.2) is 4.98 Å². The number of nitrogens with zero attached hydrogens (tertiary/aromatic N) is 4. The second-order valence-corrected chi connectivity index (χ2v) is 11.4. The van der Waals surface area contributed by atoms with Crippen LogP contribution in [0.5, 0.6) is 0 Å². The van der Waals surface area contributed by atoms with Crippen LogP contribution in [0, 0.1) is 0 Å². The molecule has 2 aliphatic heterocycles. The van der Waals surface area contributed by atoms with Crippen molar-refractivity contribution in [3.8, 4) is 0 Å². The minimum Gasteiger partial charge on any atom is -0.356 e. The Bertz CT molecular complexity index is 728. The molecule has 1 aliphatic carbocycles. The van der Waals surface area contributed by atoms with Gasteiger partial charge in [-0.15, -0.1) is 0 Å². The van der Waals surface area contributed by atoms with Gasteiger partial charge in [0, 0.05) is 31.2 Å². The Morgan fingerprint density at radius 2 is 1.46 bits per heavy atom. The van der Waals surface area contributed by atoms with E-state index in [9.17, 15) is 0 Å². The van der Waals surface area contributed by atoms with E-state index in [4.69, 9.17) is 9.97 Å². The second-order valence-electron chi connectivity index (χ2n) is 11.4. The summed E-state index contributed by atoms with van der Waals surface area (Å²) in [4.78, 5) is 15.7. The van der Waals surface area contributed by atoms with E-state index in [-0.39, 0.29) is 0 Å². The van der Waals surface area contributed by atoms with Crippen molar-refractivity contribution in [3.63, 3.8) is 0 Å². The molecule has 3 heterocycles. The van der Waals surface area contributed by atoms with Crippen molar-refractivity contribution in [2.75, 3.05) is 42.9 Å². The summed E-state index contributed by atoms with van der Waals surface area (Å²) in [5.74, 6) is 2.16. The highest BCUT2D eigenvalue weighted by Crippen LogP contribution is 2.30. The molecule has 4 rings (SSSR count). The van der Waals surface area contributed by atoms with Gasteiger partial charge >= 0.3 is 0 Å². The molecule has 198 valence electrons. The number of nitrogens with one attached hydrogen (secondary N) is 1. The number of anilines is 2. The molecule has 0 aromatic carbocycles. The molecule has 0 amide bonds. The van der Waals surface area contributed by atoms with Crippen LogP contribution >= 0.6 is 0 Å². The summed E-state index contributed by atoms with van der Waals surface area (Å²) in [6, 6.07) is 0.632. The lowest BCUT2D eigenvalue weighted by atomic mass is 10.0. The fourth-order valence-corrected chi connectivity index (χ4v) is 6.44. The third kappa shape index (κ3) is 8.33. The Kier molecular flexibility index (Phi) is 11.5. The Hall–Kier alpha value is -1.36. The highest BCUT2D eigenvalue weighted by atomic mass is 15.2. The highest BCUT2D eigenvalue weighted by Gasteiger charge is 2.24. The summed E-state index contributed by atoms with van der Waals surface area (Å²) in [7, 11) is 0. The molecule has 1 unspecified atom stereocenters. The monoisotopic (exact) mass is 483 g/mol. The number of likely N-dealkylation sites (tertiary alicyclic amines) is 1. The van der Waals surface area contributed by atoms with Crippen LogP contribution < -0.4 is 10.2 Å². The number of aryl methyl sites for hydroxylation is 1. The van der Waals surface area contributed by atoms with Gasteiger partial charge in [0.1, 0.15) is 5.82 Å². The van der Waals surface area contributed by atoms with Crippen molar-refractivity contribution in [2.24, 2.45) is 0 Å². The molecule has 1 aromatic rings. The van der Waals surface area contributed by atoms with Crippen molar-refractivity contribution in [1.29, 1.82) is 0 Å². The lowest BCUT2D eigenvalue weighted by molar-refractivity contribution is 0.153. The Balaban J connectivity index is 1.35. The van der Waals surface area contributed by atoms with Gasteiger partial charge in [0.15, 0.2) is 0 Å². The van der Waals surface area contributed by atoms with Gasteiger partial charge in [-0.3, -0.25) is 4.90 Å². The van der Waals surface area contributed by atoms with Crippen LogP contribution in [0.1, 0.15) is 127 Å². The lowest BCUT2D eigenvalue weighted by Gasteiger charge is -2.36. The molecular formula is C30H53N5. The molecule has 0 radical (unpaired) electrons. The summed E-state index contributed by atoms with van der Waals surface area (Å²) >= 11 is 0. The number of hydrogen-bond acceptors (Lipinski definition) is 5. The summed E-state index contributed by atoms with van der Waals surface area (Å²) < 4.78 is 0. The van der Waals surface area contributed by atoms with Gasteiger partial charge in [-0.1, -0.05) is 71.1 Å². The molecule has 1 aromatic heterocycles. The van der Waals surface area contributed by atoms with E-state index in [2.05, 4.69) is 22.0 Å². The lowest BCUT2D eigenvalue weighted by Crippen LogP contribution is -2.44. The predicted octanol–water partition coefficient (Wildman–Crippen LogP) is 7.14. The third-order valence-electron chi connectivity index (χ3n) is 8.61. The first-order valence-corrected chi connectivity index (χ1v) is 15.5. The number of rotatable bonds is 12. The Labute approximate surface area is 215 Å². The maximum atomic E-state index is 5.20. The van der Waals surface area contributed by atoms with E-state index in [1.807, 2.05) is 0 Å². The third-order valence-corrected chi connectivity index (χ3v) is 8.61. The molecule has 35 heavy (non-hydrogen) atoms. The molecule has 0 spiro atoms. The zero-order valence-electron chi connectivity index (χ0n) is 22.8. The SMILES string of the molecule is CCCCCCCCCN1CCCCC1CNc1nc2c(c(N3CCCCCC3)n1)CCCCC2. The van der Waals surface area contributed by atoms with Crippen molar-refractivity contribution < 1.29 is 0 Å². The van der Waals surface area contributed by atoms with Crippen molar-refractivity contribution in [1.82, 2.24) is 14.9 Å². The molecule has 1 atom stereocenters. The van der Waals surface area contributed by atoms with Gasteiger partial charge < -0.3 is 10.2 Å². The van der Waals surface area contributed by atoms with Gasteiger partial charge in [0.25, 0.3) is 0 Å².